The predicted octanol–water partition coefficient (Wildman–Crippen LogP) is 3.76. The fourth-order valence-corrected chi connectivity index (χ4v) is 1.35. The fourth-order valence-electron chi connectivity index (χ4n) is 0.776. The number of nitrogens with zero attached hydrogens (tertiary/aromatic N) is 2. The minimum Gasteiger partial charge on any atom is -0.407 e. The van der Waals surface area contributed by atoms with E-state index in [4.69, 9.17) is 39.5 Å². The summed E-state index contributed by atoms with van der Waals surface area (Å²) in [6.07, 6.45) is -0.977. The van der Waals surface area contributed by atoms with E-state index in [1.807, 2.05) is 0 Å². The molecule has 1 aromatic rings. The van der Waals surface area contributed by atoms with Gasteiger partial charge in [0.15, 0.2) is 5.75 Å². The van der Waals surface area contributed by atoms with Crippen molar-refractivity contribution in [2.75, 3.05) is 7.05 Å². The first kappa shape index (κ1) is 13.0. The zero-order valence-corrected chi connectivity index (χ0v) is 10.2. The van der Waals surface area contributed by atoms with Gasteiger partial charge in [0.2, 0.25) is 0 Å². The molecule has 0 saturated heterocycles. The Kier molecular flexibility index (Phi) is 4.35. The second kappa shape index (κ2) is 5.34. The van der Waals surface area contributed by atoms with Crippen LogP contribution in [0.15, 0.2) is 17.4 Å². The summed E-state index contributed by atoms with van der Waals surface area (Å²) in [4.78, 5) is 21.2. The molecular weight excluding hydrogens is 278 g/mol. The van der Waals surface area contributed by atoms with Crippen molar-refractivity contribution >= 4 is 40.9 Å². The van der Waals surface area contributed by atoms with Crippen molar-refractivity contribution in [3.05, 3.63) is 32.1 Å². The Balaban J connectivity index is 2.94. The van der Waals surface area contributed by atoms with Gasteiger partial charge in [-0.25, -0.2) is 4.79 Å². The SMILES string of the molecule is CN(N=O)C(=O)Oc1cc(Cl)c(Cl)cc1Cl. The van der Waals surface area contributed by atoms with E-state index in [9.17, 15) is 9.70 Å². The number of carbonyl (C=O) groups is 1. The summed E-state index contributed by atoms with van der Waals surface area (Å²) >= 11 is 17.1. The van der Waals surface area contributed by atoms with Gasteiger partial charge in [-0.05, 0) is 6.07 Å². The molecule has 0 aliphatic heterocycles. The van der Waals surface area contributed by atoms with Crippen LogP contribution in [0.1, 0.15) is 0 Å². The molecule has 0 unspecified atom stereocenters. The Morgan fingerprint density at radius 2 is 1.81 bits per heavy atom. The maximum Gasteiger partial charge on any atom is 0.438 e. The molecule has 0 radical (unpaired) electrons. The highest BCUT2D eigenvalue weighted by molar-refractivity contribution is 6.43. The van der Waals surface area contributed by atoms with Crippen LogP contribution >= 0.6 is 34.8 Å². The average molecular weight is 283 g/mol. The smallest absolute Gasteiger partial charge is 0.407 e. The van der Waals surface area contributed by atoms with E-state index in [0.717, 1.165) is 7.05 Å². The predicted molar refractivity (Wildman–Crippen MR) is 61.1 cm³/mol. The lowest BCUT2D eigenvalue weighted by molar-refractivity contribution is 0.164. The molecular formula is C8H5Cl3N2O3. The molecule has 86 valence electrons. The summed E-state index contributed by atoms with van der Waals surface area (Å²) < 4.78 is 4.75. The number of hydrogen-bond acceptors (Lipinski definition) is 4. The number of nitroso groups, excluding NO2 is 1. The van der Waals surface area contributed by atoms with E-state index in [0.29, 0.717) is 5.01 Å². The number of amides is 1. The van der Waals surface area contributed by atoms with Crippen molar-refractivity contribution in [1.29, 1.82) is 0 Å². The molecule has 1 aromatic carbocycles. The fraction of sp³-hybridized carbons (Fsp3) is 0.125. The van der Waals surface area contributed by atoms with E-state index >= 15 is 0 Å². The number of hydrogen-bond donors (Lipinski definition) is 0. The standard InChI is InChI=1S/C8H5Cl3N2O3/c1-13(12-15)8(14)16-7-3-5(10)4(9)2-6(7)11/h2-3H,1H3. The van der Waals surface area contributed by atoms with Crippen molar-refractivity contribution < 1.29 is 9.53 Å². The van der Waals surface area contributed by atoms with Crippen molar-refractivity contribution in [1.82, 2.24) is 5.01 Å². The maximum absolute atomic E-state index is 11.2. The van der Waals surface area contributed by atoms with Gasteiger partial charge in [-0.2, -0.15) is 5.01 Å². The number of halogens is 3. The molecule has 5 nitrogen and oxygen atoms in total. The zero-order valence-electron chi connectivity index (χ0n) is 7.91. The van der Waals surface area contributed by atoms with Crippen LogP contribution in [0.25, 0.3) is 0 Å². The normalized spacial score (nSPS) is 9.75. The monoisotopic (exact) mass is 282 g/mol. The Hall–Kier alpha value is -1.04. The molecule has 0 fully saturated rings. The van der Waals surface area contributed by atoms with Crippen LogP contribution in [-0.2, 0) is 0 Å². The lowest BCUT2D eigenvalue weighted by Gasteiger charge is -2.09. The van der Waals surface area contributed by atoms with Crippen LogP contribution in [0, 0.1) is 4.91 Å². The van der Waals surface area contributed by atoms with Crippen LogP contribution in [0.3, 0.4) is 0 Å². The highest BCUT2D eigenvalue weighted by atomic mass is 35.5. The molecule has 16 heavy (non-hydrogen) atoms. The van der Waals surface area contributed by atoms with E-state index in [-0.39, 0.29) is 20.8 Å². The number of carbonyl (C=O) groups excluding carboxylic acids is 1. The summed E-state index contributed by atoms with van der Waals surface area (Å²) in [6, 6.07) is 2.59. The quantitative estimate of drug-likeness (QED) is 0.472. The van der Waals surface area contributed by atoms with Gasteiger partial charge < -0.3 is 4.74 Å². The molecule has 1 rings (SSSR count). The van der Waals surface area contributed by atoms with Crippen molar-refractivity contribution in [2.45, 2.75) is 0 Å². The van der Waals surface area contributed by atoms with E-state index in [1.165, 1.54) is 12.1 Å². The van der Waals surface area contributed by atoms with Gasteiger partial charge >= 0.3 is 6.09 Å². The van der Waals surface area contributed by atoms with Crippen LogP contribution in [0.4, 0.5) is 4.79 Å². The summed E-state index contributed by atoms with van der Waals surface area (Å²) in [6.45, 7) is 0. The lowest BCUT2D eigenvalue weighted by Crippen LogP contribution is -2.24. The summed E-state index contributed by atoms with van der Waals surface area (Å²) in [5.74, 6) is -0.00318. The molecule has 0 spiro atoms. The zero-order chi connectivity index (χ0) is 12.3. The third kappa shape index (κ3) is 2.98. The lowest BCUT2D eigenvalue weighted by atomic mass is 10.3. The first-order valence-corrected chi connectivity index (χ1v) is 5.02. The molecule has 0 aromatic heterocycles. The summed E-state index contributed by atoms with van der Waals surface area (Å²) in [7, 11) is 1.14. The first-order valence-electron chi connectivity index (χ1n) is 3.89. The van der Waals surface area contributed by atoms with Gasteiger partial charge in [-0.15, -0.1) is 4.91 Å². The topological polar surface area (TPSA) is 59.0 Å². The average Bonchev–Trinajstić information content (AvgIpc) is 2.24. The molecule has 0 bridgehead atoms. The number of benzene rings is 1. The highest BCUT2D eigenvalue weighted by Gasteiger charge is 2.15. The van der Waals surface area contributed by atoms with Crippen LogP contribution in [-0.4, -0.2) is 18.1 Å². The van der Waals surface area contributed by atoms with Crippen LogP contribution in [0.2, 0.25) is 15.1 Å². The summed E-state index contributed by atoms with van der Waals surface area (Å²) in [5.41, 5.74) is 0. The Labute approximate surface area is 106 Å². The molecule has 8 heteroatoms. The Morgan fingerprint density at radius 1 is 1.25 bits per heavy atom. The molecule has 0 heterocycles. The maximum atomic E-state index is 11.2. The summed E-state index contributed by atoms with van der Waals surface area (Å²) in [5, 5.41) is 3.34. The largest absolute Gasteiger partial charge is 0.438 e. The second-order valence-electron chi connectivity index (χ2n) is 2.67. The van der Waals surface area contributed by atoms with Crippen molar-refractivity contribution in [2.24, 2.45) is 5.29 Å². The first-order chi connectivity index (χ1) is 7.45. The van der Waals surface area contributed by atoms with E-state index < -0.39 is 6.09 Å². The molecule has 0 N–H and O–H groups in total. The molecule has 0 aliphatic rings. The van der Waals surface area contributed by atoms with Gasteiger partial charge in [-0.3, -0.25) is 0 Å². The van der Waals surface area contributed by atoms with Crippen molar-refractivity contribution in [3.8, 4) is 5.75 Å². The van der Waals surface area contributed by atoms with Gasteiger partial charge in [0.05, 0.1) is 20.4 Å². The second-order valence-corrected chi connectivity index (χ2v) is 3.89. The Bertz CT molecular complexity index is 439. The van der Waals surface area contributed by atoms with E-state index in [2.05, 4.69) is 5.29 Å². The van der Waals surface area contributed by atoms with Crippen LogP contribution in [0.5, 0.6) is 5.75 Å². The molecule has 0 saturated carbocycles. The minimum absolute atomic E-state index is 0.00318. The molecule has 1 amide bonds. The number of ether oxygens (including phenoxy) is 1. The third-order valence-corrected chi connectivity index (χ3v) is 2.58. The van der Waals surface area contributed by atoms with Gasteiger partial charge in [0, 0.05) is 13.1 Å². The van der Waals surface area contributed by atoms with Gasteiger partial charge in [0.25, 0.3) is 0 Å². The highest BCUT2D eigenvalue weighted by Crippen LogP contribution is 2.34. The van der Waals surface area contributed by atoms with Crippen LogP contribution < -0.4 is 4.74 Å². The minimum atomic E-state index is -0.977. The molecule has 0 atom stereocenters. The van der Waals surface area contributed by atoms with Crippen molar-refractivity contribution in [3.63, 3.8) is 0 Å². The van der Waals surface area contributed by atoms with Gasteiger partial charge in [0.1, 0.15) is 0 Å². The Morgan fingerprint density at radius 3 is 2.38 bits per heavy atom. The van der Waals surface area contributed by atoms with E-state index in [1.54, 1.807) is 0 Å². The molecule has 0 aliphatic carbocycles. The van der Waals surface area contributed by atoms with Gasteiger partial charge in [-0.1, -0.05) is 34.8 Å². The number of rotatable bonds is 2. The third-order valence-electron chi connectivity index (χ3n) is 1.56.